The number of benzene rings is 1. The largest absolute Gasteiger partial charge is 0.401 e. The highest BCUT2D eigenvalue weighted by molar-refractivity contribution is 6.30. The minimum atomic E-state index is -4.34. The molecule has 1 saturated heterocycles. The van der Waals surface area contributed by atoms with Gasteiger partial charge in [0.2, 0.25) is 0 Å². The van der Waals surface area contributed by atoms with Crippen LogP contribution in [0.15, 0.2) is 18.2 Å². The first kappa shape index (κ1) is 21.6. The highest BCUT2D eigenvalue weighted by Gasteiger charge is 2.53. The molecular formula is C21H22ClF4N5O. The van der Waals surface area contributed by atoms with Crippen molar-refractivity contribution in [2.75, 3.05) is 19.6 Å². The molecule has 2 aliphatic heterocycles. The maximum absolute atomic E-state index is 14.2. The van der Waals surface area contributed by atoms with Gasteiger partial charge in [0.15, 0.2) is 11.5 Å². The molecule has 6 nitrogen and oxygen atoms in total. The van der Waals surface area contributed by atoms with Gasteiger partial charge in [0.05, 0.1) is 18.8 Å². The Hall–Kier alpha value is -2.20. The Morgan fingerprint density at radius 1 is 1.16 bits per heavy atom. The average molecular weight is 472 g/mol. The van der Waals surface area contributed by atoms with Gasteiger partial charge >= 0.3 is 6.18 Å². The summed E-state index contributed by atoms with van der Waals surface area (Å²) in [7, 11) is 0. The molecule has 0 atom stereocenters. The van der Waals surface area contributed by atoms with Crippen molar-refractivity contribution < 1.29 is 22.4 Å². The predicted molar refractivity (Wildman–Crippen MR) is 108 cm³/mol. The Balaban J connectivity index is 1.43. The Bertz CT molecular complexity index is 1040. The van der Waals surface area contributed by atoms with Crippen molar-refractivity contribution in [1.82, 2.24) is 24.6 Å². The molecule has 0 N–H and O–H groups in total. The second-order valence-corrected chi connectivity index (χ2v) is 9.31. The maximum Gasteiger partial charge on any atom is 0.401 e. The third-order valence-electron chi connectivity index (χ3n) is 6.42. The van der Waals surface area contributed by atoms with Gasteiger partial charge < -0.3 is 4.90 Å². The zero-order valence-electron chi connectivity index (χ0n) is 17.2. The van der Waals surface area contributed by atoms with Crippen LogP contribution in [0.5, 0.6) is 0 Å². The van der Waals surface area contributed by atoms with E-state index in [9.17, 15) is 22.4 Å². The molecule has 172 valence electrons. The minimum absolute atomic E-state index is 0.000507. The van der Waals surface area contributed by atoms with Crippen molar-refractivity contribution >= 4 is 17.5 Å². The zero-order valence-corrected chi connectivity index (χ0v) is 18.0. The minimum Gasteiger partial charge on any atom is -0.340 e. The van der Waals surface area contributed by atoms with Crippen LogP contribution in [-0.4, -0.2) is 62.0 Å². The Kier molecular flexibility index (Phi) is 5.20. The summed E-state index contributed by atoms with van der Waals surface area (Å²) in [5.74, 6) is 0.627. The van der Waals surface area contributed by atoms with E-state index in [-0.39, 0.29) is 31.8 Å². The number of likely N-dealkylation sites (tertiary alicyclic amines) is 1. The van der Waals surface area contributed by atoms with Gasteiger partial charge in [0, 0.05) is 30.6 Å². The number of piperidine rings is 1. The van der Waals surface area contributed by atoms with Crippen LogP contribution in [0.2, 0.25) is 5.02 Å². The molecule has 1 aromatic heterocycles. The van der Waals surface area contributed by atoms with E-state index in [2.05, 4.69) is 10.2 Å². The average Bonchev–Trinajstić information content (AvgIpc) is 3.38. The smallest absolute Gasteiger partial charge is 0.340 e. The number of aromatic nitrogens is 3. The fraction of sp³-hybridized carbons (Fsp3) is 0.571. The lowest BCUT2D eigenvalue weighted by Crippen LogP contribution is -2.43. The Morgan fingerprint density at radius 2 is 1.88 bits per heavy atom. The second-order valence-electron chi connectivity index (χ2n) is 8.87. The SMILES string of the molecule is O=C(N1CCC(c2nnc3n2-c2ccc(Cl)cc2CN(CC(F)(F)F)C3)CC1)C1(F)CC1. The van der Waals surface area contributed by atoms with Crippen LogP contribution in [0.25, 0.3) is 5.69 Å². The van der Waals surface area contributed by atoms with Crippen LogP contribution in [0.1, 0.15) is 48.8 Å². The molecule has 2 aromatic rings. The molecule has 1 saturated carbocycles. The molecule has 2 fully saturated rings. The number of fused-ring (bicyclic) bond motifs is 3. The highest BCUT2D eigenvalue weighted by Crippen LogP contribution is 2.42. The number of carbonyl (C=O) groups is 1. The van der Waals surface area contributed by atoms with Crippen molar-refractivity contribution in [3.05, 3.63) is 40.4 Å². The van der Waals surface area contributed by atoms with Crippen LogP contribution in [-0.2, 0) is 17.9 Å². The molecular weight excluding hydrogens is 450 g/mol. The van der Waals surface area contributed by atoms with Crippen molar-refractivity contribution in [2.45, 2.75) is 56.5 Å². The van der Waals surface area contributed by atoms with E-state index < -0.39 is 24.3 Å². The summed E-state index contributed by atoms with van der Waals surface area (Å²) in [6.07, 6.45) is -2.58. The second kappa shape index (κ2) is 7.69. The van der Waals surface area contributed by atoms with Crippen molar-refractivity contribution in [3.63, 3.8) is 0 Å². The van der Waals surface area contributed by atoms with E-state index in [1.54, 1.807) is 23.1 Å². The molecule has 0 bridgehead atoms. The number of rotatable bonds is 3. The lowest BCUT2D eigenvalue weighted by Gasteiger charge is -2.32. The number of alkyl halides is 4. The molecule has 0 spiro atoms. The van der Waals surface area contributed by atoms with Crippen molar-refractivity contribution in [2.24, 2.45) is 0 Å². The van der Waals surface area contributed by atoms with Crippen molar-refractivity contribution in [1.29, 1.82) is 0 Å². The van der Waals surface area contributed by atoms with Gasteiger partial charge in [-0.05, 0) is 49.4 Å². The molecule has 1 aromatic carbocycles. The molecule has 11 heteroatoms. The summed E-state index contributed by atoms with van der Waals surface area (Å²) in [4.78, 5) is 15.2. The fourth-order valence-corrected chi connectivity index (χ4v) is 4.86. The van der Waals surface area contributed by atoms with Gasteiger partial charge in [-0.1, -0.05) is 11.6 Å². The zero-order chi connectivity index (χ0) is 22.7. The van der Waals surface area contributed by atoms with Crippen LogP contribution in [0, 0.1) is 0 Å². The molecule has 3 heterocycles. The molecule has 5 rings (SSSR count). The summed E-state index contributed by atoms with van der Waals surface area (Å²) in [5, 5.41) is 9.01. The summed E-state index contributed by atoms with van der Waals surface area (Å²) in [6, 6.07) is 5.16. The van der Waals surface area contributed by atoms with E-state index in [1.807, 2.05) is 4.57 Å². The third kappa shape index (κ3) is 4.10. The Morgan fingerprint density at radius 3 is 2.53 bits per heavy atom. The van der Waals surface area contributed by atoms with E-state index in [0.717, 1.165) is 0 Å². The molecule has 0 radical (unpaired) electrons. The van der Waals surface area contributed by atoms with Crippen molar-refractivity contribution in [3.8, 4) is 5.69 Å². The number of nitrogens with zero attached hydrogens (tertiary/aromatic N) is 5. The number of hydrogen-bond donors (Lipinski definition) is 0. The molecule has 1 aliphatic carbocycles. The topological polar surface area (TPSA) is 54.3 Å². The first-order valence-electron chi connectivity index (χ1n) is 10.6. The first-order chi connectivity index (χ1) is 15.1. The van der Waals surface area contributed by atoms with Gasteiger partial charge in [0.1, 0.15) is 5.82 Å². The maximum atomic E-state index is 14.2. The quantitative estimate of drug-likeness (QED) is 0.635. The molecule has 1 amide bonds. The Labute approximate surface area is 187 Å². The van der Waals surface area contributed by atoms with Gasteiger partial charge in [-0.15, -0.1) is 10.2 Å². The van der Waals surface area contributed by atoms with Gasteiger partial charge in [-0.3, -0.25) is 14.3 Å². The number of carbonyl (C=O) groups excluding carboxylic acids is 1. The van der Waals surface area contributed by atoms with Gasteiger partial charge in [0.25, 0.3) is 5.91 Å². The van der Waals surface area contributed by atoms with E-state index in [1.165, 1.54) is 4.90 Å². The highest BCUT2D eigenvalue weighted by atomic mass is 35.5. The van der Waals surface area contributed by atoms with Crippen LogP contribution in [0.3, 0.4) is 0 Å². The van der Waals surface area contributed by atoms with Crippen LogP contribution < -0.4 is 0 Å². The van der Waals surface area contributed by atoms with Gasteiger partial charge in [-0.25, -0.2) is 4.39 Å². The van der Waals surface area contributed by atoms with Crippen LogP contribution >= 0.6 is 11.6 Å². The lowest BCUT2D eigenvalue weighted by molar-refractivity contribution is -0.148. The molecule has 32 heavy (non-hydrogen) atoms. The number of halogens is 5. The summed E-state index contributed by atoms with van der Waals surface area (Å²) < 4.78 is 55.4. The monoisotopic (exact) mass is 471 g/mol. The first-order valence-corrected chi connectivity index (χ1v) is 11.0. The predicted octanol–water partition coefficient (Wildman–Crippen LogP) is 4.01. The van der Waals surface area contributed by atoms with Gasteiger partial charge in [-0.2, -0.15) is 13.2 Å². The molecule has 3 aliphatic rings. The standard InChI is InChI=1S/C21H22ClF4N5O/c22-15-1-2-16-14(9-15)10-29(12-21(24,25)26)11-17-27-28-18(31(16)17)13-3-7-30(8-4-13)19(32)20(23)5-6-20/h1-2,9,13H,3-8,10-12H2. The lowest BCUT2D eigenvalue weighted by atomic mass is 9.95. The summed E-state index contributed by atoms with van der Waals surface area (Å²) in [6.45, 7) is -0.132. The number of hydrogen-bond acceptors (Lipinski definition) is 4. The fourth-order valence-electron chi connectivity index (χ4n) is 4.67. The summed E-state index contributed by atoms with van der Waals surface area (Å²) in [5.41, 5.74) is -0.297. The molecule has 0 unspecified atom stereocenters. The summed E-state index contributed by atoms with van der Waals surface area (Å²) >= 11 is 6.14. The van der Waals surface area contributed by atoms with E-state index in [0.29, 0.717) is 53.9 Å². The normalized spacial score (nSPS) is 21.1. The third-order valence-corrected chi connectivity index (χ3v) is 6.65. The van der Waals surface area contributed by atoms with Crippen LogP contribution in [0.4, 0.5) is 17.6 Å². The van der Waals surface area contributed by atoms with E-state index >= 15 is 0 Å². The van der Waals surface area contributed by atoms with E-state index in [4.69, 9.17) is 11.6 Å². The number of amides is 1.